The zero-order valence-corrected chi connectivity index (χ0v) is 8.82. The molecule has 74 valence electrons. The van der Waals surface area contributed by atoms with Crippen molar-refractivity contribution in [1.82, 2.24) is 9.62 Å². The van der Waals surface area contributed by atoms with Gasteiger partial charge in [-0.05, 0) is 26.9 Å². The predicted molar refractivity (Wildman–Crippen MR) is 50.6 cm³/mol. The molecule has 0 aliphatic rings. The molecule has 0 fully saturated rings. The van der Waals surface area contributed by atoms with Gasteiger partial charge in [0.25, 0.3) is 0 Å². The maximum absolute atomic E-state index is 11.2. The van der Waals surface area contributed by atoms with Crippen molar-refractivity contribution in [2.45, 2.75) is 13.3 Å². The average molecular weight is 194 g/mol. The molecule has 0 bridgehead atoms. The van der Waals surface area contributed by atoms with Crippen LogP contribution in [0.3, 0.4) is 0 Å². The summed E-state index contributed by atoms with van der Waals surface area (Å²) in [5, 5.41) is 2.97. The van der Waals surface area contributed by atoms with Crippen LogP contribution in [-0.4, -0.2) is 45.7 Å². The van der Waals surface area contributed by atoms with Crippen molar-refractivity contribution in [2.75, 3.05) is 32.9 Å². The first-order chi connectivity index (χ1) is 5.54. The van der Waals surface area contributed by atoms with E-state index in [1.54, 1.807) is 14.0 Å². The summed E-state index contributed by atoms with van der Waals surface area (Å²) in [5.74, 6) is 0.184. The molecule has 12 heavy (non-hydrogen) atoms. The summed E-state index contributed by atoms with van der Waals surface area (Å²) in [6.45, 7) is 3.10. The fourth-order valence-electron chi connectivity index (χ4n) is 0.838. The van der Waals surface area contributed by atoms with E-state index in [4.69, 9.17) is 0 Å². The molecule has 0 radical (unpaired) electrons. The van der Waals surface area contributed by atoms with E-state index in [9.17, 15) is 8.42 Å². The van der Waals surface area contributed by atoms with E-state index >= 15 is 0 Å². The van der Waals surface area contributed by atoms with Crippen molar-refractivity contribution in [3.8, 4) is 0 Å². The Hall–Kier alpha value is -0.130. The SMILES string of the molecule is CCS(=O)(=O)N(C)CCCNC. The van der Waals surface area contributed by atoms with Crippen LogP contribution >= 0.6 is 0 Å². The number of hydrogen-bond acceptors (Lipinski definition) is 3. The highest BCUT2D eigenvalue weighted by Crippen LogP contribution is 1.97. The van der Waals surface area contributed by atoms with Crippen molar-refractivity contribution < 1.29 is 8.42 Å². The van der Waals surface area contributed by atoms with Gasteiger partial charge in [-0.2, -0.15) is 0 Å². The van der Waals surface area contributed by atoms with Crippen molar-refractivity contribution in [3.63, 3.8) is 0 Å². The Morgan fingerprint density at radius 3 is 2.42 bits per heavy atom. The molecule has 0 aromatic heterocycles. The zero-order valence-electron chi connectivity index (χ0n) is 8.00. The Morgan fingerprint density at radius 2 is 2.00 bits per heavy atom. The molecule has 0 aliphatic carbocycles. The molecule has 0 amide bonds. The largest absolute Gasteiger partial charge is 0.320 e. The number of rotatable bonds is 6. The van der Waals surface area contributed by atoms with E-state index in [1.807, 2.05) is 7.05 Å². The first-order valence-corrected chi connectivity index (χ1v) is 5.74. The third-order valence-corrected chi connectivity index (χ3v) is 3.60. The molecule has 4 nitrogen and oxygen atoms in total. The van der Waals surface area contributed by atoms with Crippen molar-refractivity contribution in [3.05, 3.63) is 0 Å². The van der Waals surface area contributed by atoms with Gasteiger partial charge >= 0.3 is 0 Å². The van der Waals surface area contributed by atoms with Crippen LogP contribution in [0.25, 0.3) is 0 Å². The molecule has 0 saturated carbocycles. The van der Waals surface area contributed by atoms with Gasteiger partial charge in [-0.1, -0.05) is 0 Å². The van der Waals surface area contributed by atoms with E-state index in [-0.39, 0.29) is 5.75 Å². The van der Waals surface area contributed by atoms with Crippen LogP contribution in [0.15, 0.2) is 0 Å². The Balaban J connectivity index is 3.80. The highest BCUT2D eigenvalue weighted by Gasteiger charge is 2.13. The second-order valence-electron chi connectivity index (χ2n) is 2.68. The molecule has 0 aromatic rings. The van der Waals surface area contributed by atoms with E-state index in [0.717, 1.165) is 13.0 Å². The average Bonchev–Trinajstić information content (AvgIpc) is 2.05. The molecule has 0 aliphatic heterocycles. The Bertz CT molecular complexity index is 201. The molecule has 0 aromatic carbocycles. The van der Waals surface area contributed by atoms with Gasteiger partial charge in [-0.3, -0.25) is 0 Å². The summed E-state index contributed by atoms with van der Waals surface area (Å²) >= 11 is 0. The summed E-state index contributed by atoms with van der Waals surface area (Å²) in [6, 6.07) is 0. The summed E-state index contributed by atoms with van der Waals surface area (Å²) < 4.78 is 23.8. The summed E-state index contributed by atoms with van der Waals surface area (Å²) in [4.78, 5) is 0. The van der Waals surface area contributed by atoms with E-state index < -0.39 is 10.0 Å². The van der Waals surface area contributed by atoms with Crippen LogP contribution in [0.5, 0.6) is 0 Å². The molecule has 1 N–H and O–H groups in total. The maximum atomic E-state index is 11.2. The summed E-state index contributed by atoms with van der Waals surface area (Å²) in [6.07, 6.45) is 0.853. The lowest BCUT2D eigenvalue weighted by Gasteiger charge is -2.15. The maximum Gasteiger partial charge on any atom is 0.213 e. The Morgan fingerprint density at radius 1 is 1.42 bits per heavy atom. The second kappa shape index (κ2) is 5.50. The first-order valence-electron chi connectivity index (χ1n) is 4.13. The minimum absolute atomic E-state index is 0.184. The van der Waals surface area contributed by atoms with E-state index in [2.05, 4.69) is 5.32 Å². The highest BCUT2D eigenvalue weighted by atomic mass is 32.2. The molecule has 5 heteroatoms. The van der Waals surface area contributed by atoms with Crippen molar-refractivity contribution in [2.24, 2.45) is 0 Å². The van der Waals surface area contributed by atoms with Crippen LogP contribution in [0.1, 0.15) is 13.3 Å². The Labute approximate surface area is 75.0 Å². The smallest absolute Gasteiger partial charge is 0.213 e. The third kappa shape index (κ3) is 4.04. The van der Waals surface area contributed by atoms with Gasteiger partial charge in [0.05, 0.1) is 5.75 Å². The lowest BCUT2D eigenvalue weighted by Crippen LogP contribution is -2.30. The van der Waals surface area contributed by atoms with Crippen LogP contribution in [0, 0.1) is 0 Å². The van der Waals surface area contributed by atoms with E-state index in [1.165, 1.54) is 4.31 Å². The van der Waals surface area contributed by atoms with Crippen LogP contribution < -0.4 is 5.32 Å². The van der Waals surface area contributed by atoms with Gasteiger partial charge in [0.2, 0.25) is 10.0 Å². The van der Waals surface area contributed by atoms with Crippen LogP contribution in [0.4, 0.5) is 0 Å². The Kier molecular flexibility index (Phi) is 5.44. The minimum Gasteiger partial charge on any atom is -0.320 e. The number of nitrogens with one attached hydrogen (secondary N) is 1. The van der Waals surface area contributed by atoms with Crippen LogP contribution in [-0.2, 0) is 10.0 Å². The fraction of sp³-hybridized carbons (Fsp3) is 1.00. The van der Waals surface area contributed by atoms with Crippen LogP contribution in [0.2, 0.25) is 0 Å². The number of nitrogens with zero attached hydrogens (tertiary/aromatic N) is 1. The number of sulfonamides is 1. The van der Waals surface area contributed by atoms with Gasteiger partial charge in [-0.25, -0.2) is 12.7 Å². The van der Waals surface area contributed by atoms with E-state index in [0.29, 0.717) is 6.54 Å². The lowest BCUT2D eigenvalue weighted by molar-refractivity contribution is 0.459. The summed E-state index contributed by atoms with van der Waals surface area (Å²) in [5.41, 5.74) is 0. The topological polar surface area (TPSA) is 49.4 Å². The molecule has 0 atom stereocenters. The van der Waals surface area contributed by atoms with Gasteiger partial charge in [-0.15, -0.1) is 0 Å². The highest BCUT2D eigenvalue weighted by molar-refractivity contribution is 7.89. The van der Waals surface area contributed by atoms with Crippen molar-refractivity contribution in [1.29, 1.82) is 0 Å². The molecular formula is C7H18N2O2S. The lowest BCUT2D eigenvalue weighted by atomic mass is 10.4. The molecular weight excluding hydrogens is 176 g/mol. The standard InChI is InChI=1S/C7H18N2O2S/c1-4-12(10,11)9(3)7-5-6-8-2/h8H,4-7H2,1-3H3. The second-order valence-corrected chi connectivity index (χ2v) is 5.04. The zero-order chi connectivity index (χ0) is 9.61. The normalized spacial score (nSPS) is 12.3. The van der Waals surface area contributed by atoms with Gasteiger partial charge in [0.15, 0.2) is 0 Å². The third-order valence-electron chi connectivity index (χ3n) is 1.74. The first kappa shape index (κ1) is 11.9. The molecule has 0 saturated heterocycles. The predicted octanol–water partition coefficient (Wildman–Crippen LogP) is -0.123. The molecule has 0 heterocycles. The summed E-state index contributed by atoms with van der Waals surface area (Å²) in [7, 11) is 0.502. The van der Waals surface area contributed by atoms with Gasteiger partial charge < -0.3 is 5.32 Å². The molecule has 0 rings (SSSR count). The minimum atomic E-state index is -2.97. The van der Waals surface area contributed by atoms with Crippen molar-refractivity contribution >= 4 is 10.0 Å². The van der Waals surface area contributed by atoms with Gasteiger partial charge in [0.1, 0.15) is 0 Å². The molecule has 0 unspecified atom stereocenters. The fourth-order valence-corrected chi connectivity index (χ4v) is 1.69. The number of hydrogen-bond donors (Lipinski definition) is 1. The monoisotopic (exact) mass is 194 g/mol. The molecule has 0 spiro atoms. The quantitative estimate of drug-likeness (QED) is 0.600. The van der Waals surface area contributed by atoms with Gasteiger partial charge in [0, 0.05) is 13.6 Å².